The van der Waals surface area contributed by atoms with Gasteiger partial charge >= 0.3 is 0 Å². The summed E-state index contributed by atoms with van der Waals surface area (Å²) in [5.41, 5.74) is 2.66. The topological polar surface area (TPSA) is 123 Å². The number of carbonyl (C=O) groups is 2. The normalized spacial score (nSPS) is 12.9. The van der Waals surface area contributed by atoms with Gasteiger partial charge in [-0.05, 0) is 59.5 Å². The summed E-state index contributed by atoms with van der Waals surface area (Å²) in [6.45, 7) is 5.34. The fourth-order valence-electron chi connectivity index (χ4n) is 2.81. The number of nitrogens with one attached hydrogen (secondary N) is 2. The van der Waals surface area contributed by atoms with Gasteiger partial charge in [-0.2, -0.15) is 5.10 Å². The van der Waals surface area contributed by atoms with Crippen LogP contribution < -0.4 is 15.5 Å². The molecule has 0 heterocycles. The maximum absolute atomic E-state index is 12.7. The number of carbonyl (C=O) groups excluding carboxylic acids is 2. The van der Waals surface area contributed by atoms with Crippen LogP contribution >= 0.6 is 39.1 Å². The van der Waals surface area contributed by atoms with Gasteiger partial charge in [0.05, 0.1) is 20.6 Å². The highest BCUT2D eigenvalue weighted by Crippen LogP contribution is 2.28. The Morgan fingerprint density at radius 2 is 1.88 bits per heavy atom. The van der Waals surface area contributed by atoms with Gasteiger partial charge in [0, 0.05) is 16.7 Å². The molecule has 2 aromatic rings. The summed E-state index contributed by atoms with van der Waals surface area (Å²) in [5.74, 6) is -0.677. The van der Waals surface area contributed by atoms with Crippen molar-refractivity contribution in [1.29, 1.82) is 0 Å². The number of nitrogens with zero attached hydrogens (tertiary/aromatic N) is 2. The van der Waals surface area contributed by atoms with E-state index in [1.165, 1.54) is 31.3 Å². The van der Waals surface area contributed by atoms with Crippen LogP contribution in [0.5, 0.6) is 5.75 Å². The van der Waals surface area contributed by atoms with Crippen molar-refractivity contribution < 1.29 is 19.2 Å². The van der Waals surface area contributed by atoms with Crippen molar-refractivity contribution in [1.82, 2.24) is 10.7 Å². The molecule has 0 saturated heterocycles. The van der Waals surface area contributed by atoms with Crippen LogP contribution in [-0.4, -0.2) is 35.1 Å². The first-order valence-corrected chi connectivity index (χ1v) is 11.7. The maximum Gasteiger partial charge on any atom is 0.284 e. The molecule has 0 aliphatic carbocycles. The number of ether oxygens (including phenoxy) is 1. The molecule has 0 unspecified atom stereocenters. The Morgan fingerprint density at radius 3 is 2.50 bits per heavy atom. The molecule has 2 rings (SSSR count). The van der Waals surface area contributed by atoms with E-state index in [1.807, 2.05) is 13.8 Å². The summed E-state index contributed by atoms with van der Waals surface area (Å²) in [6, 6.07) is 8.17. The molecule has 0 fully saturated rings. The molecular weight excluding hydrogens is 551 g/mol. The molecular formula is C22H23BrCl2N4O5. The molecule has 2 atom stereocenters. The zero-order valence-electron chi connectivity index (χ0n) is 18.6. The predicted octanol–water partition coefficient (Wildman–Crippen LogP) is 5.11. The van der Waals surface area contributed by atoms with Crippen molar-refractivity contribution in [3.05, 3.63) is 66.6 Å². The summed E-state index contributed by atoms with van der Waals surface area (Å²) >= 11 is 15.1. The lowest BCUT2D eigenvalue weighted by Crippen LogP contribution is -2.49. The Balaban J connectivity index is 2.04. The Labute approximate surface area is 215 Å². The van der Waals surface area contributed by atoms with E-state index in [1.54, 1.807) is 18.2 Å². The third-order valence-electron chi connectivity index (χ3n) is 4.46. The van der Waals surface area contributed by atoms with Gasteiger partial charge in [0.25, 0.3) is 17.5 Å². The molecule has 0 saturated carbocycles. The minimum absolute atomic E-state index is 0.0936. The second kappa shape index (κ2) is 12.7. The second-order valence-electron chi connectivity index (χ2n) is 7.73. The lowest BCUT2D eigenvalue weighted by atomic mass is 10.0. The molecule has 0 aliphatic heterocycles. The van der Waals surface area contributed by atoms with Gasteiger partial charge in [0.2, 0.25) is 0 Å². The third kappa shape index (κ3) is 8.27. The van der Waals surface area contributed by atoms with Gasteiger partial charge in [-0.1, -0.05) is 43.1 Å². The average Bonchev–Trinajstić information content (AvgIpc) is 2.75. The Hall–Kier alpha value is -2.69. The number of nitro groups is 1. The van der Waals surface area contributed by atoms with Gasteiger partial charge in [0.15, 0.2) is 6.10 Å². The largest absolute Gasteiger partial charge is 0.479 e. The molecule has 0 aromatic heterocycles. The fourth-order valence-corrected chi connectivity index (χ4v) is 3.65. The summed E-state index contributed by atoms with van der Waals surface area (Å²) in [4.78, 5) is 35.9. The van der Waals surface area contributed by atoms with Gasteiger partial charge in [0.1, 0.15) is 11.8 Å². The Kier molecular flexibility index (Phi) is 10.3. The summed E-state index contributed by atoms with van der Waals surface area (Å²) in [7, 11) is 0. The van der Waals surface area contributed by atoms with Crippen molar-refractivity contribution >= 4 is 62.8 Å². The first kappa shape index (κ1) is 27.6. The average molecular weight is 574 g/mol. The zero-order valence-corrected chi connectivity index (χ0v) is 21.6. The number of amides is 2. The van der Waals surface area contributed by atoms with E-state index in [9.17, 15) is 19.7 Å². The molecule has 0 bridgehead atoms. The third-order valence-corrected chi connectivity index (χ3v) is 5.66. The lowest BCUT2D eigenvalue weighted by molar-refractivity contribution is -0.385. The van der Waals surface area contributed by atoms with Gasteiger partial charge < -0.3 is 10.1 Å². The summed E-state index contributed by atoms with van der Waals surface area (Å²) < 4.78 is 5.93. The number of rotatable bonds is 10. The van der Waals surface area contributed by atoms with Crippen molar-refractivity contribution in [2.45, 2.75) is 39.3 Å². The van der Waals surface area contributed by atoms with Crippen LogP contribution in [0.25, 0.3) is 0 Å². The second-order valence-corrected chi connectivity index (χ2v) is 9.43. The monoisotopic (exact) mass is 572 g/mol. The highest BCUT2D eigenvalue weighted by atomic mass is 79.9. The van der Waals surface area contributed by atoms with Crippen LogP contribution in [-0.2, 0) is 9.59 Å². The minimum atomic E-state index is -0.937. The number of hydrogen-bond donors (Lipinski definition) is 2. The summed E-state index contributed by atoms with van der Waals surface area (Å²) in [6.07, 6.45) is 0.693. The number of hydrogen-bond acceptors (Lipinski definition) is 6. The number of halogens is 3. The van der Waals surface area contributed by atoms with Crippen LogP contribution in [0.4, 0.5) is 5.69 Å². The van der Waals surface area contributed by atoms with Crippen LogP contribution in [0.15, 0.2) is 46.0 Å². The Morgan fingerprint density at radius 1 is 1.18 bits per heavy atom. The van der Waals surface area contributed by atoms with Crippen LogP contribution in [0.1, 0.15) is 32.8 Å². The van der Waals surface area contributed by atoms with E-state index in [2.05, 4.69) is 31.8 Å². The molecule has 182 valence electrons. The number of benzene rings is 2. The number of hydrazone groups is 1. The van der Waals surface area contributed by atoms with Crippen LogP contribution in [0.3, 0.4) is 0 Å². The van der Waals surface area contributed by atoms with E-state index < -0.39 is 28.9 Å². The van der Waals surface area contributed by atoms with Gasteiger partial charge in [-0.3, -0.25) is 19.7 Å². The minimum Gasteiger partial charge on any atom is -0.479 e. The molecule has 0 spiro atoms. The molecule has 2 aromatic carbocycles. The molecule has 0 radical (unpaired) electrons. The van der Waals surface area contributed by atoms with Crippen molar-refractivity contribution in [3.8, 4) is 5.75 Å². The highest BCUT2D eigenvalue weighted by molar-refractivity contribution is 9.10. The fraction of sp³-hybridized carbons (Fsp3) is 0.318. The van der Waals surface area contributed by atoms with Gasteiger partial charge in [-0.25, -0.2) is 5.43 Å². The quantitative estimate of drug-likeness (QED) is 0.232. The molecule has 9 nitrogen and oxygen atoms in total. The first-order valence-electron chi connectivity index (χ1n) is 10.2. The van der Waals surface area contributed by atoms with E-state index in [-0.39, 0.29) is 22.4 Å². The van der Waals surface area contributed by atoms with E-state index >= 15 is 0 Å². The summed E-state index contributed by atoms with van der Waals surface area (Å²) in [5, 5.41) is 18.3. The van der Waals surface area contributed by atoms with Crippen molar-refractivity contribution in [2.24, 2.45) is 11.0 Å². The molecule has 12 heteroatoms. The number of nitro benzene ring substituents is 1. The molecule has 0 aliphatic rings. The van der Waals surface area contributed by atoms with E-state index in [0.717, 1.165) is 0 Å². The van der Waals surface area contributed by atoms with E-state index in [0.29, 0.717) is 21.5 Å². The zero-order chi connectivity index (χ0) is 25.4. The van der Waals surface area contributed by atoms with Crippen molar-refractivity contribution in [3.63, 3.8) is 0 Å². The Bertz CT molecular complexity index is 1100. The first-order chi connectivity index (χ1) is 16.0. The predicted molar refractivity (Wildman–Crippen MR) is 134 cm³/mol. The molecule has 34 heavy (non-hydrogen) atoms. The van der Waals surface area contributed by atoms with Crippen LogP contribution in [0, 0.1) is 16.0 Å². The SMILES string of the molecule is CC(C)C[C@H](NC(=O)[C@@H](C)Oc1ccc(Cl)cc1Cl)C(=O)N/N=C\c1ccc(Br)c([N+](=O)[O-])c1. The standard InChI is InChI=1S/C22H23BrCl2N4O5/c1-12(2)8-18(27-21(30)13(3)34-20-7-5-15(24)10-17(20)25)22(31)28-26-11-14-4-6-16(23)19(9-14)29(32)33/h4-7,9-13,18H,8H2,1-3H3,(H,27,30)(H,28,31)/b26-11-/t13-,18+/m1/s1. The van der Waals surface area contributed by atoms with Crippen molar-refractivity contribution in [2.75, 3.05) is 0 Å². The molecule has 2 N–H and O–H groups in total. The van der Waals surface area contributed by atoms with E-state index in [4.69, 9.17) is 27.9 Å². The highest BCUT2D eigenvalue weighted by Gasteiger charge is 2.25. The lowest BCUT2D eigenvalue weighted by Gasteiger charge is -2.22. The maximum atomic E-state index is 12.7. The smallest absolute Gasteiger partial charge is 0.284 e. The molecule has 2 amide bonds. The van der Waals surface area contributed by atoms with Crippen LogP contribution in [0.2, 0.25) is 10.0 Å². The van der Waals surface area contributed by atoms with Gasteiger partial charge in [-0.15, -0.1) is 0 Å².